The van der Waals surface area contributed by atoms with Crippen molar-refractivity contribution in [2.75, 3.05) is 17.2 Å². The Morgan fingerprint density at radius 1 is 1.27 bits per heavy atom. The zero-order chi connectivity index (χ0) is 15.9. The first-order chi connectivity index (χ1) is 10.6. The van der Waals surface area contributed by atoms with Crippen LogP contribution in [0.2, 0.25) is 0 Å². The highest BCUT2D eigenvalue weighted by Gasteiger charge is 2.10. The molecule has 0 saturated heterocycles. The van der Waals surface area contributed by atoms with Crippen molar-refractivity contribution < 1.29 is 4.92 Å². The van der Waals surface area contributed by atoms with E-state index in [4.69, 9.17) is 0 Å². The number of hydrogen-bond acceptors (Lipinski definition) is 5. The summed E-state index contributed by atoms with van der Waals surface area (Å²) in [7, 11) is 0. The smallest absolute Gasteiger partial charge is 0.288 e. The van der Waals surface area contributed by atoms with E-state index in [-0.39, 0.29) is 5.69 Å². The summed E-state index contributed by atoms with van der Waals surface area (Å²) in [4.78, 5) is 14.3. The monoisotopic (exact) mass is 364 g/mol. The fourth-order valence-electron chi connectivity index (χ4n) is 1.85. The molecule has 2 rings (SSSR count). The Morgan fingerprint density at radius 2 is 2.00 bits per heavy atom. The lowest BCUT2D eigenvalue weighted by molar-refractivity contribution is -0.385. The van der Waals surface area contributed by atoms with Crippen LogP contribution in [0.15, 0.2) is 41.0 Å². The highest BCUT2D eigenvalue weighted by Crippen LogP contribution is 2.24. The molecule has 0 saturated carbocycles. The van der Waals surface area contributed by atoms with Crippen LogP contribution in [-0.2, 0) is 6.54 Å². The standard InChI is InChI=1S/C15H17BrN4O2/c1-2-7-17-12-5-3-11(4-6-12)9-18-15-14(16)8-13(10-19-15)20(21)22/h3-6,8,10,17H,2,7,9H2,1H3,(H,18,19). The number of hydrogen-bond donors (Lipinski definition) is 2. The van der Waals surface area contributed by atoms with Gasteiger partial charge >= 0.3 is 0 Å². The van der Waals surface area contributed by atoms with E-state index in [1.807, 2.05) is 24.3 Å². The zero-order valence-corrected chi connectivity index (χ0v) is 13.8. The van der Waals surface area contributed by atoms with Gasteiger partial charge in [-0.25, -0.2) is 4.98 Å². The maximum atomic E-state index is 10.7. The number of nitro groups is 1. The molecule has 0 unspecified atom stereocenters. The molecule has 0 amide bonds. The van der Waals surface area contributed by atoms with Gasteiger partial charge in [-0.15, -0.1) is 0 Å². The van der Waals surface area contributed by atoms with Crippen LogP contribution in [0.4, 0.5) is 17.2 Å². The van der Waals surface area contributed by atoms with Crippen molar-refractivity contribution in [3.05, 3.63) is 56.7 Å². The lowest BCUT2D eigenvalue weighted by Crippen LogP contribution is -2.03. The quantitative estimate of drug-likeness (QED) is 0.568. The number of rotatable bonds is 7. The second kappa shape index (κ2) is 7.74. The van der Waals surface area contributed by atoms with E-state index in [0.29, 0.717) is 16.8 Å². The molecule has 0 fully saturated rings. The minimum absolute atomic E-state index is 0.0382. The van der Waals surface area contributed by atoms with Gasteiger partial charge in [0.15, 0.2) is 0 Å². The molecule has 0 aliphatic rings. The summed E-state index contributed by atoms with van der Waals surface area (Å²) >= 11 is 3.29. The van der Waals surface area contributed by atoms with E-state index in [9.17, 15) is 10.1 Å². The number of pyridine rings is 1. The normalized spacial score (nSPS) is 10.3. The van der Waals surface area contributed by atoms with Crippen LogP contribution in [0.3, 0.4) is 0 Å². The van der Waals surface area contributed by atoms with E-state index in [1.54, 1.807) is 0 Å². The van der Waals surface area contributed by atoms with E-state index < -0.39 is 4.92 Å². The molecule has 0 atom stereocenters. The van der Waals surface area contributed by atoms with Crippen LogP contribution in [-0.4, -0.2) is 16.5 Å². The van der Waals surface area contributed by atoms with Crippen LogP contribution in [0.25, 0.3) is 0 Å². The number of nitrogens with zero attached hydrogens (tertiary/aromatic N) is 2. The first kappa shape index (κ1) is 16.2. The topological polar surface area (TPSA) is 80.1 Å². The third-order valence-electron chi connectivity index (χ3n) is 3.03. The first-order valence-electron chi connectivity index (χ1n) is 6.96. The molecule has 22 heavy (non-hydrogen) atoms. The molecular formula is C15H17BrN4O2. The highest BCUT2D eigenvalue weighted by atomic mass is 79.9. The van der Waals surface area contributed by atoms with Crippen LogP contribution in [0, 0.1) is 10.1 Å². The number of benzene rings is 1. The molecular weight excluding hydrogens is 348 g/mol. The largest absolute Gasteiger partial charge is 0.385 e. The molecule has 0 bridgehead atoms. The van der Waals surface area contributed by atoms with Gasteiger partial charge in [-0.2, -0.15) is 0 Å². The molecule has 7 heteroatoms. The SMILES string of the molecule is CCCNc1ccc(CNc2ncc([N+](=O)[O-])cc2Br)cc1. The molecule has 0 spiro atoms. The van der Waals surface area contributed by atoms with Crippen molar-refractivity contribution >= 4 is 33.1 Å². The molecule has 1 heterocycles. The van der Waals surface area contributed by atoms with E-state index in [0.717, 1.165) is 24.2 Å². The Labute approximate surface area is 137 Å². The zero-order valence-electron chi connectivity index (χ0n) is 12.2. The summed E-state index contributed by atoms with van der Waals surface area (Å²) in [5.74, 6) is 0.582. The molecule has 2 N–H and O–H groups in total. The molecule has 6 nitrogen and oxygen atoms in total. The number of halogens is 1. The van der Waals surface area contributed by atoms with Gasteiger partial charge < -0.3 is 10.6 Å². The van der Waals surface area contributed by atoms with Gasteiger partial charge in [-0.1, -0.05) is 19.1 Å². The molecule has 116 valence electrons. The van der Waals surface area contributed by atoms with Crippen LogP contribution in [0.5, 0.6) is 0 Å². The van der Waals surface area contributed by atoms with Crippen molar-refractivity contribution in [3.63, 3.8) is 0 Å². The van der Waals surface area contributed by atoms with Gasteiger partial charge in [0.2, 0.25) is 0 Å². The van der Waals surface area contributed by atoms with Crippen molar-refractivity contribution in [2.24, 2.45) is 0 Å². The van der Waals surface area contributed by atoms with Crippen LogP contribution >= 0.6 is 15.9 Å². The van der Waals surface area contributed by atoms with E-state index >= 15 is 0 Å². The lowest BCUT2D eigenvalue weighted by atomic mass is 10.2. The summed E-state index contributed by atoms with van der Waals surface area (Å²) in [5, 5.41) is 17.1. The Balaban J connectivity index is 1.96. The maximum absolute atomic E-state index is 10.7. The Bertz CT molecular complexity index is 646. The first-order valence-corrected chi connectivity index (χ1v) is 7.76. The predicted octanol–water partition coefficient (Wildman–Crippen LogP) is 4.19. The van der Waals surface area contributed by atoms with Gasteiger partial charge in [-0.05, 0) is 40.0 Å². The summed E-state index contributed by atoms with van der Waals surface area (Å²) < 4.78 is 0.572. The summed E-state index contributed by atoms with van der Waals surface area (Å²) in [6.45, 7) is 3.68. The molecule has 0 aliphatic carbocycles. The van der Waals surface area contributed by atoms with Gasteiger partial charge in [-0.3, -0.25) is 10.1 Å². The molecule has 2 aromatic rings. The van der Waals surface area contributed by atoms with Crippen molar-refractivity contribution in [2.45, 2.75) is 19.9 Å². The molecule has 0 aliphatic heterocycles. The fraction of sp³-hybridized carbons (Fsp3) is 0.267. The number of anilines is 2. The lowest BCUT2D eigenvalue weighted by Gasteiger charge is -2.09. The van der Waals surface area contributed by atoms with Crippen molar-refractivity contribution in [3.8, 4) is 0 Å². The van der Waals surface area contributed by atoms with Crippen molar-refractivity contribution in [1.82, 2.24) is 4.98 Å². The Hall–Kier alpha value is -2.15. The minimum atomic E-state index is -0.469. The predicted molar refractivity (Wildman–Crippen MR) is 91.1 cm³/mol. The maximum Gasteiger partial charge on any atom is 0.288 e. The summed E-state index contributed by atoms with van der Waals surface area (Å²) in [5.41, 5.74) is 2.16. The van der Waals surface area contributed by atoms with Gasteiger partial charge in [0.05, 0.1) is 9.40 Å². The molecule has 1 aromatic heterocycles. The van der Waals surface area contributed by atoms with Gasteiger partial charge in [0.25, 0.3) is 5.69 Å². The molecule has 1 aromatic carbocycles. The number of nitrogens with one attached hydrogen (secondary N) is 2. The Kier molecular flexibility index (Phi) is 5.71. The van der Waals surface area contributed by atoms with Crippen molar-refractivity contribution in [1.29, 1.82) is 0 Å². The minimum Gasteiger partial charge on any atom is -0.385 e. The number of aromatic nitrogens is 1. The van der Waals surface area contributed by atoms with E-state index in [1.165, 1.54) is 12.3 Å². The highest BCUT2D eigenvalue weighted by molar-refractivity contribution is 9.10. The third-order valence-corrected chi connectivity index (χ3v) is 3.64. The second-order valence-corrected chi connectivity index (χ2v) is 5.61. The average Bonchev–Trinajstić information content (AvgIpc) is 2.52. The average molecular weight is 365 g/mol. The van der Waals surface area contributed by atoms with Crippen LogP contribution < -0.4 is 10.6 Å². The van der Waals surface area contributed by atoms with E-state index in [2.05, 4.69) is 38.5 Å². The second-order valence-electron chi connectivity index (χ2n) is 4.76. The molecule has 0 radical (unpaired) electrons. The fourth-order valence-corrected chi connectivity index (χ4v) is 2.33. The van der Waals surface area contributed by atoms with Crippen LogP contribution in [0.1, 0.15) is 18.9 Å². The third kappa shape index (κ3) is 4.42. The summed E-state index contributed by atoms with van der Waals surface area (Å²) in [6.07, 6.45) is 2.33. The Morgan fingerprint density at radius 3 is 2.59 bits per heavy atom. The van der Waals surface area contributed by atoms with Gasteiger partial charge in [0, 0.05) is 24.8 Å². The summed E-state index contributed by atoms with van der Waals surface area (Å²) in [6, 6.07) is 9.57. The van der Waals surface area contributed by atoms with Gasteiger partial charge in [0.1, 0.15) is 12.0 Å².